The second-order valence-electron chi connectivity index (χ2n) is 11.9. The number of hydrogen-bond acceptors (Lipinski definition) is 1. The van der Waals surface area contributed by atoms with Gasteiger partial charge in [0, 0.05) is 32.8 Å². The van der Waals surface area contributed by atoms with Gasteiger partial charge >= 0.3 is 0 Å². The molecule has 7 aromatic carbocycles. The van der Waals surface area contributed by atoms with E-state index in [-0.39, 0.29) is 0 Å². The fourth-order valence-electron chi connectivity index (χ4n) is 7.36. The van der Waals surface area contributed by atoms with Gasteiger partial charge in [-0.3, -0.25) is 0 Å². The fraction of sp³-hybridized carbons (Fsp3) is 0. The summed E-state index contributed by atoms with van der Waals surface area (Å²) in [5.41, 5.74) is 11.8. The van der Waals surface area contributed by atoms with Crippen molar-refractivity contribution in [3.05, 3.63) is 175 Å². The zero-order valence-corrected chi connectivity index (χ0v) is 25.8. The van der Waals surface area contributed by atoms with Crippen molar-refractivity contribution in [2.24, 2.45) is 0 Å². The molecule has 9 aromatic rings. The molecule has 0 aliphatic rings. The molecule has 0 atom stereocenters. The zero-order valence-electron chi connectivity index (χ0n) is 25.8. The van der Waals surface area contributed by atoms with Crippen LogP contribution in [-0.4, -0.2) is 9.13 Å². The number of nitrogens with zero attached hydrogens (tertiary/aromatic N) is 4. The lowest BCUT2D eigenvalue weighted by atomic mass is 9.92. The first-order valence-corrected chi connectivity index (χ1v) is 15.9. The predicted octanol–water partition coefficient (Wildman–Crippen LogP) is 11.6. The maximum absolute atomic E-state index is 9.97. The zero-order chi connectivity index (χ0) is 32.2. The van der Waals surface area contributed by atoms with Crippen LogP contribution in [0.5, 0.6) is 0 Å². The third-order valence-electron chi connectivity index (χ3n) is 9.38. The van der Waals surface area contributed by atoms with E-state index >= 15 is 0 Å². The summed E-state index contributed by atoms with van der Waals surface area (Å²) in [6.07, 6.45) is 0. The molecule has 0 saturated heterocycles. The molecule has 0 N–H and O–H groups in total. The first kappa shape index (κ1) is 27.4. The summed E-state index contributed by atoms with van der Waals surface area (Å²) < 4.78 is 4.59. The van der Waals surface area contributed by atoms with Gasteiger partial charge in [-0.05, 0) is 71.3 Å². The van der Waals surface area contributed by atoms with Gasteiger partial charge in [-0.2, -0.15) is 5.26 Å². The summed E-state index contributed by atoms with van der Waals surface area (Å²) in [6, 6.07) is 56.7. The molecule has 0 aliphatic heterocycles. The Morgan fingerprint density at radius 1 is 0.500 bits per heavy atom. The summed E-state index contributed by atoms with van der Waals surface area (Å²) >= 11 is 0. The Balaban J connectivity index is 1.29. The third kappa shape index (κ3) is 4.07. The number of benzene rings is 7. The van der Waals surface area contributed by atoms with Crippen molar-refractivity contribution in [2.75, 3.05) is 0 Å². The van der Waals surface area contributed by atoms with Gasteiger partial charge in [-0.1, -0.05) is 103 Å². The first-order chi connectivity index (χ1) is 23.7. The maximum atomic E-state index is 9.97. The van der Waals surface area contributed by atoms with Crippen LogP contribution in [-0.2, 0) is 0 Å². The number of fused-ring (bicyclic) bond motifs is 6. The average Bonchev–Trinajstić information content (AvgIpc) is 3.68. The van der Waals surface area contributed by atoms with Crippen LogP contribution in [0, 0.1) is 17.9 Å². The van der Waals surface area contributed by atoms with Gasteiger partial charge in [-0.25, -0.2) is 4.85 Å². The Morgan fingerprint density at radius 2 is 1.12 bits per heavy atom. The van der Waals surface area contributed by atoms with Crippen molar-refractivity contribution in [3.63, 3.8) is 0 Å². The lowest BCUT2D eigenvalue weighted by Gasteiger charge is -2.18. The van der Waals surface area contributed by atoms with E-state index in [2.05, 4.69) is 141 Å². The largest absolute Gasteiger partial charge is 0.309 e. The molecule has 222 valence electrons. The Hall–Kier alpha value is -6.88. The van der Waals surface area contributed by atoms with E-state index in [1.165, 1.54) is 10.8 Å². The van der Waals surface area contributed by atoms with E-state index in [0.29, 0.717) is 11.3 Å². The highest BCUT2D eigenvalue weighted by atomic mass is 15.0. The number of rotatable bonds is 4. The minimum atomic E-state index is 0.591. The van der Waals surface area contributed by atoms with Crippen molar-refractivity contribution < 1.29 is 0 Å². The minimum Gasteiger partial charge on any atom is -0.309 e. The van der Waals surface area contributed by atoms with E-state index in [0.717, 1.165) is 66.5 Å². The topological polar surface area (TPSA) is 38.0 Å². The lowest BCUT2D eigenvalue weighted by Crippen LogP contribution is -1.98. The Morgan fingerprint density at radius 3 is 1.85 bits per heavy atom. The molecule has 0 amide bonds. The van der Waals surface area contributed by atoms with Crippen LogP contribution in [0.1, 0.15) is 5.56 Å². The molecular formula is C44H26N4. The van der Waals surface area contributed by atoms with Crippen LogP contribution in [0.25, 0.3) is 82.1 Å². The molecular weight excluding hydrogens is 585 g/mol. The van der Waals surface area contributed by atoms with E-state index in [4.69, 9.17) is 6.57 Å². The lowest BCUT2D eigenvalue weighted by molar-refractivity contribution is 1.18. The van der Waals surface area contributed by atoms with Gasteiger partial charge in [-0.15, -0.1) is 0 Å². The fourth-order valence-corrected chi connectivity index (χ4v) is 7.36. The Labute approximate surface area is 277 Å². The molecule has 0 saturated carbocycles. The summed E-state index contributed by atoms with van der Waals surface area (Å²) in [4.78, 5) is 3.84. The van der Waals surface area contributed by atoms with Crippen LogP contribution < -0.4 is 0 Å². The van der Waals surface area contributed by atoms with Crippen molar-refractivity contribution in [2.45, 2.75) is 0 Å². The molecule has 9 rings (SSSR count). The van der Waals surface area contributed by atoms with E-state index in [1.54, 1.807) is 0 Å². The highest BCUT2D eigenvalue weighted by molar-refractivity contribution is 6.12. The van der Waals surface area contributed by atoms with Crippen LogP contribution in [0.15, 0.2) is 158 Å². The number of nitriles is 1. The Kier molecular flexibility index (Phi) is 6.22. The van der Waals surface area contributed by atoms with Gasteiger partial charge in [0.2, 0.25) is 0 Å². The van der Waals surface area contributed by atoms with Crippen LogP contribution in [0.4, 0.5) is 5.69 Å². The predicted molar refractivity (Wildman–Crippen MR) is 197 cm³/mol. The van der Waals surface area contributed by atoms with Gasteiger partial charge in [0.1, 0.15) is 0 Å². The molecule has 0 fully saturated rings. The van der Waals surface area contributed by atoms with E-state index < -0.39 is 0 Å². The summed E-state index contributed by atoms with van der Waals surface area (Å²) in [6.45, 7) is 7.90. The van der Waals surface area contributed by atoms with Crippen LogP contribution in [0.3, 0.4) is 0 Å². The highest BCUT2D eigenvalue weighted by Crippen LogP contribution is 2.42. The van der Waals surface area contributed by atoms with Gasteiger partial charge in [0.15, 0.2) is 5.69 Å². The second kappa shape index (κ2) is 10.9. The maximum Gasteiger partial charge on any atom is 0.187 e. The SMILES string of the molecule is [C-]#[N+]c1ccc(-c2cccc(-n3c4ccccc4c4c(C#N)cccc43)c2)c(-c2ccccc2-n2c3ccccc3c3ccccc32)c1. The van der Waals surface area contributed by atoms with Gasteiger partial charge < -0.3 is 9.13 Å². The van der Waals surface area contributed by atoms with Gasteiger partial charge in [0.25, 0.3) is 0 Å². The summed E-state index contributed by atoms with van der Waals surface area (Å²) in [5.74, 6) is 0. The standard InChI is InChI=1S/C44H26N4/c1-46-31-24-25-33(29-12-10-14-32(26-29)47-42-22-9-5-18-37(42)44-30(28-45)13-11-23-43(44)47)38(27-31)36-17-4-8-21-41(36)48-39-19-6-2-15-34(39)35-16-3-7-20-40(35)48/h2-27H. The molecule has 2 aromatic heterocycles. The molecule has 0 radical (unpaired) electrons. The normalized spacial score (nSPS) is 11.3. The summed E-state index contributed by atoms with van der Waals surface area (Å²) in [5, 5.41) is 14.4. The van der Waals surface area contributed by atoms with Crippen molar-refractivity contribution in [3.8, 4) is 39.7 Å². The van der Waals surface area contributed by atoms with Gasteiger partial charge in [0.05, 0.1) is 46.0 Å². The Bertz CT molecular complexity index is 2760. The molecule has 0 aliphatic carbocycles. The van der Waals surface area contributed by atoms with Crippen molar-refractivity contribution in [1.29, 1.82) is 5.26 Å². The number of hydrogen-bond donors (Lipinski definition) is 0. The van der Waals surface area contributed by atoms with Crippen LogP contribution >= 0.6 is 0 Å². The molecule has 4 nitrogen and oxygen atoms in total. The molecule has 0 spiro atoms. The highest BCUT2D eigenvalue weighted by Gasteiger charge is 2.19. The van der Waals surface area contributed by atoms with E-state index in [1.807, 2.05) is 36.4 Å². The average molecular weight is 611 g/mol. The van der Waals surface area contributed by atoms with Crippen molar-refractivity contribution >= 4 is 49.3 Å². The monoisotopic (exact) mass is 610 g/mol. The van der Waals surface area contributed by atoms with E-state index in [9.17, 15) is 5.26 Å². The molecule has 0 bridgehead atoms. The molecule has 48 heavy (non-hydrogen) atoms. The first-order valence-electron chi connectivity index (χ1n) is 15.9. The van der Waals surface area contributed by atoms with Crippen LogP contribution in [0.2, 0.25) is 0 Å². The second-order valence-corrected chi connectivity index (χ2v) is 11.9. The minimum absolute atomic E-state index is 0.591. The third-order valence-corrected chi connectivity index (χ3v) is 9.38. The quantitative estimate of drug-likeness (QED) is 0.183. The smallest absolute Gasteiger partial charge is 0.187 e. The van der Waals surface area contributed by atoms with Crippen molar-refractivity contribution in [1.82, 2.24) is 9.13 Å². The number of aromatic nitrogens is 2. The molecule has 2 heterocycles. The molecule has 0 unspecified atom stereocenters. The molecule has 4 heteroatoms. The summed E-state index contributed by atoms with van der Waals surface area (Å²) in [7, 11) is 0. The number of para-hydroxylation sites is 4.